The van der Waals surface area contributed by atoms with Crippen LogP contribution in [-0.2, 0) is 36.6 Å². The topological polar surface area (TPSA) is 151 Å². The van der Waals surface area contributed by atoms with Crippen molar-refractivity contribution in [2.45, 2.75) is 16.5 Å². The van der Waals surface area contributed by atoms with E-state index < -0.39 is 40.9 Å². The van der Waals surface area contributed by atoms with Crippen LogP contribution >= 0.6 is 0 Å². The number of hydrogen-bond acceptors (Lipinski definition) is 8. The van der Waals surface area contributed by atoms with Gasteiger partial charge in [-0.3, -0.25) is 0 Å². The molecule has 0 aliphatic heterocycles. The lowest BCUT2D eigenvalue weighted by atomic mass is 10.2. The summed E-state index contributed by atoms with van der Waals surface area (Å²) in [6.07, 6.45) is 1.83. The molecule has 1 aromatic heterocycles. The zero-order chi connectivity index (χ0) is 22.2. The third-order valence-electron chi connectivity index (χ3n) is 3.89. The predicted molar refractivity (Wildman–Crippen MR) is 103 cm³/mol. The van der Waals surface area contributed by atoms with Gasteiger partial charge >= 0.3 is 10.2 Å². The number of sulfone groups is 1. The van der Waals surface area contributed by atoms with Crippen molar-refractivity contribution in [1.82, 2.24) is 17.6 Å². The molecule has 0 aliphatic rings. The maximum Gasteiger partial charge on any atom is 0.309 e. The summed E-state index contributed by atoms with van der Waals surface area (Å²) in [5.74, 6) is -0.594. The Kier molecular flexibility index (Phi) is 6.21. The number of hydrogen-bond donors (Lipinski definition) is 0. The van der Waals surface area contributed by atoms with Gasteiger partial charge in [-0.2, -0.15) is 22.3 Å². The van der Waals surface area contributed by atoms with Crippen LogP contribution in [0.5, 0.6) is 0 Å². The van der Waals surface area contributed by atoms with Gasteiger partial charge in [0.25, 0.3) is 10.0 Å². The fraction of sp³-hybridized carbons (Fsp3) is 0.333. The van der Waals surface area contributed by atoms with Crippen molar-refractivity contribution in [3.63, 3.8) is 0 Å². The third-order valence-corrected chi connectivity index (χ3v) is 8.40. The van der Waals surface area contributed by atoms with Gasteiger partial charge in [0.2, 0.25) is 5.82 Å². The van der Waals surface area contributed by atoms with E-state index in [2.05, 4.69) is 4.98 Å². The van der Waals surface area contributed by atoms with Gasteiger partial charge in [0, 0.05) is 33.9 Å². The second kappa shape index (κ2) is 7.84. The Hall–Kier alpha value is -2.31. The summed E-state index contributed by atoms with van der Waals surface area (Å²) in [7, 11) is -8.02. The minimum absolute atomic E-state index is 0.0954. The molecule has 0 amide bonds. The molecule has 0 saturated carbocycles. The Balaban J connectivity index is 2.38. The highest BCUT2D eigenvalue weighted by atomic mass is 32.2. The SMILES string of the molecule is CN(Cc1ccc(S(C)(=O)=O)cc1)S(=O)(=O)c1cn(S(=O)(=O)N(C)C)c(C#N)n1. The molecule has 2 rings (SSSR count). The van der Waals surface area contributed by atoms with E-state index in [1.54, 1.807) is 6.07 Å². The first kappa shape index (κ1) is 23.0. The Morgan fingerprint density at radius 1 is 1.03 bits per heavy atom. The summed E-state index contributed by atoms with van der Waals surface area (Å²) in [4.78, 5) is 3.74. The van der Waals surface area contributed by atoms with E-state index in [0.717, 1.165) is 21.1 Å². The van der Waals surface area contributed by atoms with Crippen LogP contribution in [0.1, 0.15) is 11.4 Å². The Morgan fingerprint density at radius 2 is 1.59 bits per heavy atom. The van der Waals surface area contributed by atoms with Crippen molar-refractivity contribution in [3.8, 4) is 6.07 Å². The molecule has 0 atom stereocenters. The van der Waals surface area contributed by atoms with E-state index in [9.17, 15) is 25.3 Å². The number of nitriles is 1. The zero-order valence-corrected chi connectivity index (χ0v) is 18.5. The molecule has 0 N–H and O–H groups in total. The lowest BCUT2D eigenvalue weighted by Gasteiger charge is -2.16. The first-order chi connectivity index (χ1) is 13.2. The van der Waals surface area contributed by atoms with E-state index in [4.69, 9.17) is 5.26 Å². The highest BCUT2D eigenvalue weighted by molar-refractivity contribution is 7.90. The number of rotatable bonds is 7. The summed E-state index contributed by atoms with van der Waals surface area (Å²) >= 11 is 0. The highest BCUT2D eigenvalue weighted by Crippen LogP contribution is 2.19. The summed E-state index contributed by atoms with van der Waals surface area (Å²) in [5.41, 5.74) is 0.504. The van der Waals surface area contributed by atoms with Crippen LogP contribution in [0.2, 0.25) is 0 Å². The monoisotopic (exact) mass is 461 g/mol. The molecule has 1 heterocycles. The summed E-state index contributed by atoms with van der Waals surface area (Å²) in [5, 5.41) is 8.53. The molecule has 14 heteroatoms. The van der Waals surface area contributed by atoms with Crippen LogP contribution in [0.3, 0.4) is 0 Å². The molecule has 158 valence electrons. The van der Waals surface area contributed by atoms with Gasteiger partial charge in [-0.25, -0.2) is 25.8 Å². The molecule has 2 aromatic rings. The molecule has 0 radical (unpaired) electrons. The summed E-state index contributed by atoms with van der Waals surface area (Å²) < 4.78 is 75.3. The lowest BCUT2D eigenvalue weighted by molar-refractivity contribution is 0.464. The average Bonchev–Trinajstić information content (AvgIpc) is 3.07. The number of aromatic nitrogens is 2. The second-order valence-electron chi connectivity index (χ2n) is 6.28. The van der Waals surface area contributed by atoms with Crippen LogP contribution in [-0.4, -0.2) is 70.2 Å². The maximum absolute atomic E-state index is 12.8. The first-order valence-corrected chi connectivity index (χ1v) is 12.6. The summed E-state index contributed by atoms with van der Waals surface area (Å²) in [6.45, 7) is -0.123. The van der Waals surface area contributed by atoms with Gasteiger partial charge in [0.05, 0.1) is 11.1 Å². The molecular weight excluding hydrogens is 442 g/mol. The maximum atomic E-state index is 12.8. The fourth-order valence-corrected chi connectivity index (χ4v) is 4.90. The Labute approximate surface area is 170 Å². The van der Waals surface area contributed by atoms with Crippen LogP contribution in [0, 0.1) is 11.3 Å². The van der Waals surface area contributed by atoms with Crippen molar-refractivity contribution in [1.29, 1.82) is 5.26 Å². The molecular formula is C15H19N5O6S3. The quantitative estimate of drug-likeness (QED) is 0.542. The van der Waals surface area contributed by atoms with Gasteiger partial charge in [-0.05, 0) is 17.7 Å². The van der Waals surface area contributed by atoms with Gasteiger partial charge in [0.1, 0.15) is 6.07 Å². The highest BCUT2D eigenvalue weighted by Gasteiger charge is 2.30. The van der Waals surface area contributed by atoms with Gasteiger partial charge in [-0.15, -0.1) is 0 Å². The second-order valence-corrected chi connectivity index (χ2v) is 12.3. The van der Waals surface area contributed by atoms with E-state index >= 15 is 0 Å². The van der Waals surface area contributed by atoms with Crippen molar-refractivity contribution >= 4 is 30.1 Å². The minimum Gasteiger partial charge on any atom is -0.224 e. The Morgan fingerprint density at radius 3 is 2.03 bits per heavy atom. The van der Waals surface area contributed by atoms with Crippen molar-refractivity contribution in [2.24, 2.45) is 0 Å². The number of nitrogens with zero attached hydrogens (tertiary/aromatic N) is 5. The molecule has 0 spiro atoms. The first-order valence-electron chi connectivity index (χ1n) is 7.89. The predicted octanol–water partition coefficient (Wildman–Crippen LogP) is -0.367. The normalized spacial score (nSPS) is 13.0. The van der Waals surface area contributed by atoms with E-state index in [1.807, 2.05) is 0 Å². The molecule has 1 aromatic carbocycles. The van der Waals surface area contributed by atoms with Gasteiger partial charge in [-0.1, -0.05) is 12.1 Å². The van der Waals surface area contributed by atoms with Crippen molar-refractivity contribution in [3.05, 3.63) is 41.9 Å². The Bertz CT molecular complexity index is 1270. The third kappa shape index (κ3) is 4.65. The molecule has 29 heavy (non-hydrogen) atoms. The van der Waals surface area contributed by atoms with Crippen molar-refractivity contribution < 1.29 is 25.3 Å². The van der Waals surface area contributed by atoms with Gasteiger partial charge < -0.3 is 0 Å². The number of imidazole rings is 1. The summed E-state index contributed by atoms with van der Waals surface area (Å²) in [6, 6.07) is 7.22. The van der Waals surface area contributed by atoms with Crippen LogP contribution in [0.25, 0.3) is 0 Å². The van der Waals surface area contributed by atoms with E-state index in [-0.39, 0.29) is 11.4 Å². The lowest BCUT2D eigenvalue weighted by Crippen LogP contribution is -2.29. The van der Waals surface area contributed by atoms with Gasteiger partial charge in [0.15, 0.2) is 14.9 Å². The minimum atomic E-state index is -4.22. The molecule has 0 aliphatic carbocycles. The molecule has 0 unspecified atom stereocenters. The van der Waals surface area contributed by atoms with E-state index in [0.29, 0.717) is 9.54 Å². The van der Waals surface area contributed by atoms with Crippen LogP contribution in [0.4, 0.5) is 0 Å². The van der Waals surface area contributed by atoms with Crippen LogP contribution < -0.4 is 0 Å². The van der Waals surface area contributed by atoms with E-state index in [1.165, 1.54) is 45.4 Å². The molecule has 11 nitrogen and oxygen atoms in total. The molecule has 0 fully saturated rings. The average molecular weight is 462 g/mol. The molecule has 0 bridgehead atoms. The smallest absolute Gasteiger partial charge is 0.224 e. The zero-order valence-electron chi connectivity index (χ0n) is 16.0. The van der Waals surface area contributed by atoms with Crippen LogP contribution in [0.15, 0.2) is 40.4 Å². The number of sulfonamides is 1. The fourth-order valence-electron chi connectivity index (χ4n) is 2.24. The number of benzene rings is 1. The molecule has 0 saturated heterocycles. The standard InChI is InChI=1S/C15H19N5O6S3/c1-18(2)29(25,26)20-11-15(17-14(20)9-16)28(23,24)19(3)10-12-5-7-13(8-6-12)27(4,21)22/h5-8,11H,10H2,1-4H3. The van der Waals surface area contributed by atoms with Crippen molar-refractivity contribution in [2.75, 3.05) is 27.4 Å². The largest absolute Gasteiger partial charge is 0.309 e.